The molecule has 2 aromatic carbocycles. The highest BCUT2D eigenvalue weighted by Gasteiger charge is 2.67. The quantitative estimate of drug-likeness (QED) is 0.506. The monoisotopic (exact) mass is 499 g/mol. The predicted octanol–water partition coefficient (Wildman–Crippen LogP) is 3.29. The molecule has 4 fully saturated rings. The first-order valence-corrected chi connectivity index (χ1v) is 13.9. The van der Waals surface area contributed by atoms with E-state index in [0.29, 0.717) is 29.8 Å². The highest BCUT2D eigenvalue weighted by atomic mass is 16.5. The molecule has 2 saturated heterocycles. The van der Waals surface area contributed by atoms with Crippen LogP contribution in [0.1, 0.15) is 36.8 Å². The number of benzene rings is 2. The van der Waals surface area contributed by atoms with Gasteiger partial charge in [-0.15, -0.1) is 0 Å². The minimum absolute atomic E-state index is 0.184. The summed E-state index contributed by atoms with van der Waals surface area (Å²) in [5.41, 5.74) is 11.5. The average Bonchev–Trinajstić information content (AvgIpc) is 3.49. The Labute approximate surface area is 219 Å². The Kier molecular flexibility index (Phi) is 5.75. The Morgan fingerprint density at radius 1 is 1.05 bits per heavy atom. The summed E-state index contributed by atoms with van der Waals surface area (Å²) in [5, 5.41) is 6.56. The Morgan fingerprint density at radius 3 is 2.70 bits per heavy atom. The summed E-state index contributed by atoms with van der Waals surface area (Å²) in [6.45, 7) is 4.26. The smallest absolute Gasteiger partial charge is 0.235 e. The molecule has 5 aliphatic rings. The largest absolute Gasteiger partial charge is 0.497 e. The number of fused-ring (bicyclic) bond motifs is 3. The topological polar surface area (TPSA) is 77.7 Å². The van der Waals surface area contributed by atoms with Crippen molar-refractivity contribution < 1.29 is 9.53 Å². The first-order valence-electron chi connectivity index (χ1n) is 13.9. The lowest BCUT2D eigenvalue weighted by molar-refractivity contribution is -0.118. The van der Waals surface area contributed by atoms with Gasteiger partial charge in [0.1, 0.15) is 5.75 Å². The summed E-state index contributed by atoms with van der Waals surface area (Å²) < 4.78 is 5.47. The zero-order valence-corrected chi connectivity index (χ0v) is 21.5. The van der Waals surface area contributed by atoms with Crippen LogP contribution in [0.4, 0.5) is 11.4 Å². The van der Waals surface area contributed by atoms with E-state index in [1.807, 2.05) is 12.1 Å². The molecule has 0 radical (unpaired) electrons. The van der Waals surface area contributed by atoms with Gasteiger partial charge in [-0.3, -0.25) is 15.6 Å². The number of amides is 1. The maximum Gasteiger partial charge on any atom is 0.235 e. The standard InChI is InChI=1S/C30H37N5O2/c1-37-22-8-11-27-24(17-22)30(29(36)32-27)18-25(30)20-5-9-23-26(33-34-28(23)16-20)10-4-19-2-6-21(7-3-19)35-14-12-31-13-15-35/h2-4,6-8,10-11,17,20,23,25-26,28,31,33-34H,5,9,12-16,18H2,1H3,(H,32,36)/b10-4+/t20?,23?,25?,26?,28?,30-/m0/s1. The van der Waals surface area contributed by atoms with E-state index in [1.165, 1.54) is 24.1 Å². The van der Waals surface area contributed by atoms with Crippen LogP contribution in [-0.2, 0) is 10.2 Å². The highest BCUT2D eigenvalue weighted by Crippen LogP contribution is 2.65. The van der Waals surface area contributed by atoms with Gasteiger partial charge in [0.15, 0.2) is 0 Å². The molecule has 1 spiro atoms. The van der Waals surface area contributed by atoms with Gasteiger partial charge >= 0.3 is 0 Å². The molecular formula is C30H37N5O2. The van der Waals surface area contributed by atoms with E-state index in [0.717, 1.165) is 56.0 Å². The van der Waals surface area contributed by atoms with Gasteiger partial charge in [-0.2, -0.15) is 0 Å². The number of methoxy groups -OCH3 is 1. The van der Waals surface area contributed by atoms with Crippen LogP contribution < -0.4 is 31.1 Å². The van der Waals surface area contributed by atoms with E-state index in [1.54, 1.807) is 7.11 Å². The van der Waals surface area contributed by atoms with E-state index < -0.39 is 0 Å². The minimum atomic E-state index is -0.344. The fraction of sp³-hybridized carbons (Fsp3) is 0.500. The van der Waals surface area contributed by atoms with Crippen LogP contribution in [0.15, 0.2) is 48.5 Å². The SMILES string of the molecule is COc1ccc2c(c1)[C@]1(CC1C1CCC3C(/C=C/c4ccc(N5CCNCC5)cc4)NNC3C1)C(=O)N2. The number of hydrogen-bond acceptors (Lipinski definition) is 6. The summed E-state index contributed by atoms with van der Waals surface area (Å²) in [7, 11) is 1.69. The number of anilines is 2. The van der Waals surface area contributed by atoms with E-state index in [4.69, 9.17) is 4.74 Å². The van der Waals surface area contributed by atoms with Gasteiger partial charge in [0.25, 0.3) is 0 Å². The Balaban J connectivity index is 0.988. The van der Waals surface area contributed by atoms with Crippen LogP contribution in [0.25, 0.3) is 6.08 Å². The fourth-order valence-corrected chi connectivity index (χ4v) is 7.54. The Morgan fingerprint density at radius 2 is 1.89 bits per heavy atom. The molecule has 7 rings (SSSR count). The third-order valence-electron chi connectivity index (χ3n) is 9.66. The van der Waals surface area contributed by atoms with Gasteiger partial charge < -0.3 is 20.3 Å². The molecule has 3 aliphatic heterocycles. The third kappa shape index (κ3) is 3.95. The van der Waals surface area contributed by atoms with Gasteiger partial charge in [-0.05, 0) is 84.9 Å². The molecule has 6 atom stereocenters. The van der Waals surface area contributed by atoms with Gasteiger partial charge in [0, 0.05) is 49.6 Å². The molecule has 37 heavy (non-hydrogen) atoms. The van der Waals surface area contributed by atoms with Crippen molar-refractivity contribution in [2.75, 3.05) is 43.5 Å². The summed E-state index contributed by atoms with van der Waals surface area (Å²) in [5.74, 6) is 2.60. The van der Waals surface area contributed by atoms with Crippen LogP contribution in [0.3, 0.4) is 0 Å². The summed E-state index contributed by atoms with van der Waals surface area (Å²) in [4.78, 5) is 15.5. The zero-order valence-electron chi connectivity index (χ0n) is 21.5. The van der Waals surface area contributed by atoms with Crippen molar-refractivity contribution in [1.82, 2.24) is 16.2 Å². The van der Waals surface area contributed by atoms with Gasteiger partial charge in [-0.1, -0.05) is 24.3 Å². The molecule has 0 bridgehead atoms. The van der Waals surface area contributed by atoms with E-state index in [-0.39, 0.29) is 11.3 Å². The molecule has 5 unspecified atom stereocenters. The molecule has 194 valence electrons. The Hall–Kier alpha value is -2.87. The van der Waals surface area contributed by atoms with Gasteiger partial charge in [0.05, 0.1) is 12.5 Å². The molecular weight excluding hydrogens is 462 g/mol. The number of carbonyl (C=O) groups excluding carboxylic acids is 1. The van der Waals surface area contributed by atoms with E-state index >= 15 is 0 Å². The van der Waals surface area contributed by atoms with Crippen molar-refractivity contribution in [3.8, 4) is 5.75 Å². The van der Waals surface area contributed by atoms with Crippen LogP contribution in [0, 0.1) is 17.8 Å². The average molecular weight is 500 g/mol. The second kappa shape index (κ2) is 9.15. The normalized spacial score (nSPS) is 34.5. The van der Waals surface area contributed by atoms with Crippen LogP contribution >= 0.6 is 0 Å². The van der Waals surface area contributed by atoms with Gasteiger partial charge in [0.2, 0.25) is 5.91 Å². The van der Waals surface area contributed by atoms with Crippen molar-refractivity contribution >= 4 is 23.4 Å². The third-order valence-corrected chi connectivity index (χ3v) is 9.66. The van der Waals surface area contributed by atoms with Crippen molar-refractivity contribution in [2.24, 2.45) is 17.8 Å². The molecule has 7 heteroatoms. The van der Waals surface area contributed by atoms with E-state index in [2.05, 4.69) is 68.9 Å². The molecule has 2 saturated carbocycles. The molecule has 1 amide bonds. The van der Waals surface area contributed by atoms with E-state index in [9.17, 15) is 4.79 Å². The number of nitrogens with zero attached hydrogens (tertiary/aromatic N) is 1. The van der Waals surface area contributed by atoms with Crippen molar-refractivity contribution in [3.05, 3.63) is 59.7 Å². The summed E-state index contributed by atoms with van der Waals surface area (Å²) >= 11 is 0. The Bertz CT molecular complexity index is 1210. The molecule has 4 N–H and O–H groups in total. The number of rotatable bonds is 5. The summed E-state index contributed by atoms with van der Waals surface area (Å²) in [6, 6.07) is 15.8. The second-order valence-corrected chi connectivity index (χ2v) is 11.5. The number of ether oxygens (including phenoxy) is 1. The number of piperazine rings is 1. The number of nitrogens with one attached hydrogen (secondary N) is 4. The van der Waals surface area contributed by atoms with Crippen molar-refractivity contribution in [3.63, 3.8) is 0 Å². The van der Waals surface area contributed by atoms with Gasteiger partial charge in [-0.25, -0.2) is 0 Å². The van der Waals surface area contributed by atoms with Crippen LogP contribution in [0.2, 0.25) is 0 Å². The lowest BCUT2D eigenvalue weighted by Gasteiger charge is -2.33. The second-order valence-electron chi connectivity index (χ2n) is 11.5. The first-order chi connectivity index (χ1) is 18.2. The lowest BCUT2D eigenvalue weighted by atomic mass is 9.73. The molecule has 2 aliphatic carbocycles. The molecule has 0 aromatic heterocycles. The van der Waals surface area contributed by atoms with Crippen molar-refractivity contribution in [1.29, 1.82) is 0 Å². The summed E-state index contributed by atoms with van der Waals surface area (Å²) in [6.07, 6.45) is 9.06. The number of carbonyl (C=O) groups is 1. The molecule has 3 heterocycles. The zero-order chi connectivity index (χ0) is 25.0. The van der Waals surface area contributed by atoms with Crippen LogP contribution in [0.5, 0.6) is 5.75 Å². The predicted molar refractivity (Wildman–Crippen MR) is 147 cm³/mol. The first kappa shape index (κ1) is 23.3. The lowest BCUT2D eigenvalue weighted by Crippen LogP contribution is -2.43. The maximum absolute atomic E-state index is 13.1. The number of hydrazine groups is 1. The maximum atomic E-state index is 13.1. The highest BCUT2D eigenvalue weighted by molar-refractivity contribution is 6.09. The molecule has 7 nitrogen and oxygen atoms in total. The molecule has 2 aromatic rings. The minimum Gasteiger partial charge on any atom is -0.497 e. The fourth-order valence-electron chi connectivity index (χ4n) is 7.54. The number of hydrogen-bond donors (Lipinski definition) is 4. The van der Waals surface area contributed by atoms with Crippen molar-refractivity contribution in [2.45, 2.75) is 43.2 Å². The van der Waals surface area contributed by atoms with Crippen LogP contribution in [-0.4, -0.2) is 51.3 Å².